The van der Waals surface area contributed by atoms with Gasteiger partial charge in [-0.25, -0.2) is 4.98 Å². The van der Waals surface area contributed by atoms with E-state index in [4.69, 9.17) is 0 Å². The molecule has 0 unspecified atom stereocenters. The normalized spacial score (nSPS) is 10.7. The molecule has 0 radical (unpaired) electrons. The number of rotatable bonds is 3. The van der Waals surface area contributed by atoms with Crippen molar-refractivity contribution in [1.82, 2.24) is 9.55 Å². The van der Waals surface area contributed by atoms with Crippen LogP contribution < -0.4 is 5.32 Å². The molecule has 0 saturated heterocycles. The van der Waals surface area contributed by atoms with Crippen molar-refractivity contribution in [3.05, 3.63) is 91.0 Å². The number of fused-ring (bicyclic) bond motifs is 1. The highest BCUT2D eigenvalue weighted by atomic mass is 16.1. The molecule has 1 amide bonds. The summed E-state index contributed by atoms with van der Waals surface area (Å²) in [4.78, 5) is 16.6. The largest absolute Gasteiger partial charge is 0.322 e. The summed E-state index contributed by atoms with van der Waals surface area (Å²) in [6, 6.07) is 21.3. The van der Waals surface area contributed by atoms with Crippen LogP contribution >= 0.6 is 0 Å². The first-order valence-corrected chi connectivity index (χ1v) is 7.69. The summed E-state index contributed by atoms with van der Waals surface area (Å²) in [7, 11) is 0. The highest BCUT2D eigenvalue weighted by molar-refractivity contribution is 6.12. The fourth-order valence-corrected chi connectivity index (χ4v) is 2.75. The second kappa shape index (κ2) is 6.01. The molecule has 24 heavy (non-hydrogen) atoms. The minimum absolute atomic E-state index is 0.109. The number of benzene rings is 3. The molecule has 1 N–H and O–H groups in total. The molecule has 0 saturated carbocycles. The van der Waals surface area contributed by atoms with Gasteiger partial charge < -0.3 is 9.88 Å². The summed E-state index contributed by atoms with van der Waals surface area (Å²) in [5.74, 6) is -0.109. The first-order chi connectivity index (χ1) is 11.8. The number of hydrogen-bond donors (Lipinski definition) is 1. The average Bonchev–Trinajstić information content (AvgIpc) is 3.16. The maximum Gasteiger partial charge on any atom is 0.256 e. The lowest BCUT2D eigenvalue weighted by Gasteiger charge is -2.09. The van der Waals surface area contributed by atoms with E-state index in [-0.39, 0.29) is 5.91 Å². The monoisotopic (exact) mass is 313 g/mol. The molecule has 4 rings (SSSR count). The number of nitrogens with zero attached hydrogens (tertiary/aromatic N) is 2. The number of carbonyl (C=O) groups is 1. The lowest BCUT2D eigenvalue weighted by molar-refractivity contribution is 0.102. The number of hydrogen-bond acceptors (Lipinski definition) is 2. The maximum absolute atomic E-state index is 12.6. The minimum atomic E-state index is -0.109. The van der Waals surface area contributed by atoms with Crippen LogP contribution in [0.15, 0.2) is 85.5 Å². The quantitative estimate of drug-likeness (QED) is 0.614. The van der Waals surface area contributed by atoms with Gasteiger partial charge in [-0.05, 0) is 41.1 Å². The Labute approximate surface area is 139 Å². The van der Waals surface area contributed by atoms with Crippen LogP contribution in [0.1, 0.15) is 10.4 Å². The molecule has 0 aliphatic heterocycles. The first kappa shape index (κ1) is 14.2. The Hall–Kier alpha value is -3.40. The van der Waals surface area contributed by atoms with Crippen LogP contribution in [0.3, 0.4) is 0 Å². The van der Waals surface area contributed by atoms with Gasteiger partial charge in [0.05, 0.1) is 6.33 Å². The highest BCUT2D eigenvalue weighted by Crippen LogP contribution is 2.20. The van der Waals surface area contributed by atoms with Crippen LogP contribution in [0.5, 0.6) is 0 Å². The molecule has 3 aromatic carbocycles. The molecule has 4 heteroatoms. The molecule has 4 aromatic rings. The van der Waals surface area contributed by atoms with E-state index >= 15 is 0 Å². The number of amides is 1. The molecule has 1 heterocycles. The highest BCUT2D eigenvalue weighted by Gasteiger charge is 2.09. The number of imidazole rings is 1. The third kappa shape index (κ3) is 2.65. The van der Waals surface area contributed by atoms with Crippen LogP contribution in [0, 0.1) is 0 Å². The van der Waals surface area contributed by atoms with E-state index in [9.17, 15) is 4.79 Å². The predicted octanol–water partition coefficient (Wildman–Crippen LogP) is 4.28. The van der Waals surface area contributed by atoms with Crippen molar-refractivity contribution >= 4 is 22.4 Å². The van der Waals surface area contributed by atoms with Crippen molar-refractivity contribution in [2.45, 2.75) is 0 Å². The standard InChI is InChI=1S/C20H15N3O/c24-20(19-7-3-5-15-4-1-2-6-18(15)19)22-16-8-10-17(11-9-16)23-13-12-21-14-23/h1-14H,(H,22,24). The van der Waals surface area contributed by atoms with Gasteiger partial charge >= 0.3 is 0 Å². The molecule has 0 fully saturated rings. The second-order valence-corrected chi connectivity index (χ2v) is 5.50. The summed E-state index contributed by atoms with van der Waals surface area (Å²) in [5.41, 5.74) is 2.43. The van der Waals surface area contributed by atoms with E-state index in [1.165, 1.54) is 0 Å². The van der Waals surface area contributed by atoms with Crippen LogP contribution in [0.2, 0.25) is 0 Å². The van der Waals surface area contributed by atoms with E-state index in [1.807, 2.05) is 77.5 Å². The molecule has 0 aliphatic carbocycles. The van der Waals surface area contributed by atoms with Crippen molar-refractivity contribution in [1.29, 1.82) is 0 Å². The van der Waals surface area contributed by atoms with E-state index in [0.29, 0.717) is 5.56 Å². The van der Waals surface area contributed by atoms with Crippen LogP contribution in [-0.2, 0) is 0 Å². The SMILES string of the molecule is O=C(Nc1ccc(-n2ccnc2)cc1)c1cccc2ccccc12. The summed E-state index contributed by atoms with van der Waals surface area (Å²) >= 11 is 0. The molecule has 0 atom stereocenters. The van der Waals surface area contributed by atoms with Gasteiger partial charge in [-0.15, -0.1) is 0 Å². The summed E-state index contributed by atoms with van der Waals surface area (Å²) < 4.78 is 1.91. The molecule has 0 spiro atoms. The van der Waals surface area contributed by atoms with Crippen molar-refractivity contribution < 1.29 is 4.79 Å². The van der Waals surface area contributed by atoms with E-state index in [0.717, 1.165) is 22.1 Å². The van der Waals surface area contributed by atoms with Crippen molar-refractivity contribution in [2.75, 3.05) is 5.32 Å². The maximum atomic E-state index is 12.6. The van der Waals surface area contributed by atoms with Crippen LogP contribution in [0.4, 0.5) is 5.69 Å². The van der Waals surface area contributed by atoms with E-state index in [2.05, 4.69) is 10.3 Å². The Bertz CT molecular complexity index is 984. The number of aromatic nitrogens is 2. The molecule has 116 valence electrons. The first-order valence-electron chi connectivity index (χ1n) is 7.69. The minimum Gasteiger partial charge on any atom is -0.322 e. The van der Waals surface area contributed by atoms with Gasteiger partial charge in [0, 0.05) is 29.3 Å². The lowest BCUT2D eigenvalue weighted by atomic mass is 10.0. The van der Waals surface area contributed by atoms with Gasteiger partial charge in [0.15, 0.2) is 0 Å². The summed E-state index contributed by atoms with van der Waals surface area (Å²) in [6.45, 7) is 0. The van der Waals surface area contributed by atoms with Crippen molar-refractivity contribution in [2.24, 2.45) is 0 Å². The zero-order chi connectivity index (χ0) is 16.4. The zero-order valence-electron chi connectivity index (χ0n) is 12.9. The average molecular weight is 313 g/mol. The molecule has 4 nitrogen and oxygen atoms in total. The number of carbonyl (C=O) groups excluding carboxylic acids is 1. The van der Waals surface area contributed by atoms with Crippen molar-refractivity contribution in [3.8, 4) is 5.69 Å². The Morgan fingerprint density at radius 1 is 0.917 bits per heavy atom. The number of anilines is 1. The summed E-state index contributed by atoms with van der Waals surface area (Å²) in [5, 5.41) is 4.97. The Balaban J connectivity index is 1.59. The molecule has 0 bridgehead atoms. The van der Waals surface area contributed by atoms with Gasteiger partial charge in [0.25, 0.3) is 5.91 Å². The summed E-state index contributed by atoms with van der Waals surface area (Å²) in [6.07, 6.45) is 5.35. The Kier molecular flexibility index (Phi) is 3.56. The second-order valence-electron chi connectivity index (χ2n) is 5.50. The molecule has 1 aromatic heterocycles. The predicted molar refractivity (Wildman–Crippen MR) is 95.5 cm³/mol. The van der Waals surface area contributed by atoms with Gasteiger partial charge in [-0.2, -0.15) is 0 Å². The van der Waals surface area contributed by atoms with Crippen LogP contribution in [-0.4, -0.2) is 15.5 Å². The Morgan fingerprint density at radius 3 is 2.50 bits per heavy atom. The fourth-order valence-electron chi connectivity index (χ4n) is 2.75. The van der Waals surface area contributed by atoms with Gasteiger partial charge in [-0.3, -0.25) is 4.79 Å². The van der Waals surface area contributed by atoms with Gasteiger partial charge in [-0.1, -0.05) is 36.4 Å². The lowest BCUT2D eigenvalue weighted by Crippen LogP contribution is -2.12. The van der Waals surface area contributed by atoms with Crippen LogP contribution in [0.25, 0.3) is 16.5 Å². The van der Waals surface area contributed by atoms with Gasteiger partial charge in [0.2, 0.25) is 0 Å². The molecular weight excluding hydrogens is 298 g/mol. The van der Waals surface area contributed by atoms with E-state index < -0.39 is 0 Å². The third-order valence-electron chi connectivity index (χ3n) is 3.96. The fraction of sp³-hybridized carbons (Fsp3) is 0. The zero-order valence-corrected chi connectivity index (χ0v) is 12.9. The Morgan fingerprint density at radius 2 is 1.71 bits per heavy atom. The smallest absolute Gasteiger partial charge is 0.256 e. The third-order valence-corrected chi connectivity index (χ3v) is 3.96. The molecular formula is C20H15N3O. The molecule has 0 aliphatic rings. The van der Waals surface area contributed by atoms with Gasteiger partial charge in [0.1, 0.15) is 0 Å². The number of nitrogens with one attached hydrogen (secondary N) is 1. The van der Waals surface area contributed by atoms with Crippen molar-refractivity contribution in [3.63, 3.8) is 0 Å². The van der Waals surface area contributed by atoms with E-state index in [1.54, 1.807) is 12.5 Å². The topological polar surface area (TPSA) is 46.9 Å².